The Morgan fingerprint density at radius 3 is 3.05 bits per heavy atom. The molecule has 2 heterocycles. The number of nitrogens with two attached hydrogens (primary N) is 1. The van der Waals surface area contributed by atoms with Crippen LogP contribution in [0.25, 0.3) is 22.2 Å². The maximum atomic E-state index is 11.8. The molecule has 3 aromatic rings. The third-order valence-electron chi connectivity index (χ3n) is 2.99. The summed E-state index contributed by atoms with van der Waals surface area (Å²) in [6, 6.07) is 5.42. The summed E-state index contributed by atoms with van der Waals surface area (Å²) in [5, 5.41) is 0.865. The van der Waals surface area contributed by atoms with Gasteiger partial charge in [0.05, 0.1) is 12.2 Å². The maximum Gasteiger partial charge on any atom is 0.338 e. The van der Waals surface area contributed by atoms with Crippen molar-refractivity contribution in [2.45, 2.75) is 6.92 Å². The zero-order chi connectivity index (χ0) is 14.1. The van der Waals surface area contributed by atoms with Crippen molar-refractivity contribution in [3.8, 4) is 11.3 Å². The van der Waals surface area contributed by atoms with Crippen LogP contribution >= 0.6 is 0 Å². The summed E-state index contributed by atoms with van der Waals surface area (Å²) in [5.74, 6) is -0.346. The minimum absolute atomic E-state index is 0.107. The monoisotopic (exact) mass is 271 g/mol. The molecule has 0 spiro atoms. The second kappa shape index (κ2) is 4.73. The van der Waals surface area contributed by atoms with E-state index in [2.05, 4.69) is 9.97 Å². The van der Waals surface area contributed by atoms with E-state index >= 15 is 0 Å². The van der Waals surface area contributed by atoms with E-state index < -0.39 is 0 Å². The van der Waals surface area contributed by atoms with Crippen molar-refractivity contribution in [2.75, 3.05) is 12.3 Å². The standard InChI is InChI=1S/C14H13N3O3/c1-2-19-13(18)8-3-4-11-9(5-8)10(6-16-11)12-7-20-14(15)17-12/h3-7,16H,2H2,1H3,(H2,15,17). The number of carbonyl (C=O) groups excluding carboxylic acids is 1. The van der Waals surface area contributed by atoms with Crippen LogP contribution in [0.1, 0.15) is 17.3 Å². The second-order valence-corrected chi connectivity index (χ2v) is 4.25. The predicted molar refractivity (Wildman–Crippen MR) is 74.2 cm³/mol. The van der Waals surface area contributed by atoms with Gasteiger partial charge in [-0.25, -0.2) is 4.79 Å². The van der Waals surface area contributed by atoms with Gasteiger partial charge in [-0.2, -0.15) is 4.98 Å². The van der Waals surface area contributed by atoms with Crippen molar-refractivity contribution in [1.82, 2.24) is 9.97 Å². The van der Waals surface area contributed by atoms with E-state index in [-0.39, 0.29) is 12.0 Å². The number of fused-ring (bicyclic) bond motifs is 1. The number of rotatable bonds is 3. The Kier molecular flexibility index (Phi) is 2.90. The van der Waals surface area contributed by atoms with Crippen molar-refractivity contribution >= 4 is 22.9 Å². The smallest absolute Gasteiger partial charge is 0.338 e. The highest BCUT2D eigenvalue weighted by molar-refractivity contribution is 6.00. The van der Waals surface area contributed by atoms with E-state index in [0.29, 0.717) is 17.9 Å². The number of ether oxygens (including phenoxy) is 1. The highest BCUT2D eigenvalue weighted by Gasteiger charge is 2.13. The summed E-state index contributed by atoms with van der Waals surface area (Å²) < 4.78 is 10.0. The lowest BCUT2D eigenvalue weighted by molar-refractivity contribution is 0.0526. The van der Waals surface area contributed by atoms with Crippen molar-refractivity contribution in [3.05, 3.63) is 36.2 Å². The van der Waals surface area contributed by atoms with E-state index in [0.717, 1.165) is 16.5 Å². The number of carbonyl (C=O) groups is 1. The van der Waals surface area contributed by atoms with Gasteiger partial charge in [0.1, 0.15) is 12.0 Å². The third-order valence-corrected chi connectivity index (χ3v) is 2.99. The van der Waals surface area contributed by atoms with Crippen LogP contribution in [0.5, 0.6) is 0 Å². The van der Waals surface area contributed by atoms with E-state index in [9.17, 15) is 4.79 Å². The molecule has 0 saturated carbocycles. The first-order valence-corrected chi connectivity index (χ1v) is 6.18. The van der Waals surface area contributed by atoms with Crippen LogP contribution in [-0.4, -0.2) is 22.5 Å². The number of benzene rings is 1. The minimum Gasteiger partial charge on any atom is -0.462 e. The van der Waals surface area contributed by atoms with Crippen LogP contribution in [0.15, 0.2) is 35.1 Å². The van der Waals surface area contributed by atoms with Gasteiger partial charge in [0.2, 0.25) is 0 Å². The molecule has 0 amide bonds. The number of nitrogens with zero attached hydrogens (tertiary/aromatic N) is 1. The lowest BCUT2D eigenvalue weighted by atomic mass is 10.1. The largest absolute Gasteiger partial charge is 0.462 e. The van der Waals surface area contributed by atoms with Crippen molar-refractivity contribution in [1.29, 1.82) is 0 Å². The molecule has 102 valence electrons. The van der Waals surface area contributed by atoms with E-state index in [4.69, 9.17) is 14.9 Å². The first-order valence-electron chi connectivity index (χ1n) is 6.18. The molecule has 0 radical (unpaired) electrons. The van der Waals surface area contributed by atoms with Crippen LogP contribution in [0.3, 0.4) is 0 Å². The molecule has 0 fully saturated rings. The zero-order valence-electron chi connectivity index (χ0n) is 10.8. The van der Waals surface area contributed by atoms with Gasteiger partial charge in [0.15, 0.2) is 0 Å². The summed E-state index contributed by atoms with van der Waals surface area (Å²) >= 11 is 0. The summed E-state index contributed by atoms with van der Waals surface area (Å²) in [5.41, 5.74) is 8.32. The van der Waals surface area contributed by atoms with Crippen LogP contribution in [-0.2, 0) is 4.74 Å². The van der Waals surface area contributed by atoms with E-state index in [1.165, 1.54) is 6.26 Å². The summed E-state index contributed by atoms with van der Waals surface area (Å²) in [7, 11) is 0. The number of esters is 1. The molecule has 0 aliphatic heterocycles. The molecule has 3 N–H and O–H groups in total. The van der Waals surface area contributed by atoms with Gasteiger partial charge in [-0.15, -0.1) is 0 Å². The van der Waals surface area contributed by atoms with E-state index in [1.54, 1.807) is 25.3 Å². The zero-order valence-corrected chi connectivity index (χ0v) is 10.8. The molecule has 0 saturated heterocycles. The Bertz CT molecular complexity index is 773. The predicted octanol–water partition coefficient (Wildman–Crippen LogP) is 2.58. The van der Waals surface area contributed by atoms with Crippen molar-refractivity contribution in [2.24, 2.45) is 0 Å². The molecule has 3 rings (SSSR count). The Morgan fingerprint density at radius 1 is 1.50 bits per heavy atom. The normalized spacial score (nSPS) is 10.8. The molecular formula is C14H13N3O3. The molecule has 6 heteroatoms. The van der Waals surface area contributed by atoms with Gasteiger partial charge in [0.25, 0.3) is 6.01 Å². The topological polar surface area (TPSA) is 94.1 Å². The van der Waals surface area contributed by atoms with Crippen LogP contribution in [0.2, 0.25) is 0 Å². The number of hydrogen-bond donors (Lipinski definition) is 2. The minimum atomic E-state index is -0.346. The SMILES string of the molecule is CCOC(=O)c1ccc2[nH]cc(-c3coc(N)n3)c2c1. The molecule has 0 bridgehead atoms. The molecule has 2 aromatic heterocycles. The fraction of sp³-hybridized carbons (Fsp3) is 0.143. The second-order valence-electron chi connectivity index (χ2n) is 4.25. The summed E-state index contributed by atoms with van der Waals surface area (Å²) in [6.07, 6.45) is 3.28. The highest BCUT2D eigenvalue weighted by atomic mass is 16.5. The van der Waals surface area contributed by atoms with Crippen LogP contribution in [0, 0.1) is 0 Å². The number of aromatic nitrogens is 2. The van der Waals surface area contributed by atoms with Crippen molar-refractivity contribution < 1.29 is 13.9 Å². The molecule has 0 aliphatic carbocycles. The van der Waals surface area contributed by atoms with Gasteiger partial charge < -0.3 is 19.9 Å². The number of anilines is 1. The number of nitrogen functional groups attached to an aromatic ring is 1. The molecule has 0 atom stereocenters. The Morgan fingerprint density at radius 2 is 2.35 bits per heavy atom. The summed E-state index contributed by atoms with van der Waals surface area (Å²) in [6.45, 7) is 2.12. The fourth-order valence-corrected chi connectivity index (χ4v) is 2.09. The number of aromatic amines is 1. The molecule has 0 unspecified atom stereocenters. The number of nitrogens with one attached hydrogen (secondary N) is 1. The van der Waals surface area contributed by atoms with Gasteiger partial charge in [-0.3, -0.25) is 0 Å². The fourth-order valence-electron chi connectivity index (χ4n) is 2.09. The molecule has 1 aromatic carbocycles. The average molecular weight is 271 g/mol. The Labute approximate surface area is 114 Å². The number of H-pyrrole nitrogens is 1. The van der Waals surface area contributed by atoms with Crippen LogP contribution in [0.4, 0.5) is 6.01 Å². The first kappa shape index (κ1) is 12.3. The summed E-state index contributed by atoms with van der Waals surface area (Å²) in [4.78, 5) is 19.0. The van der Waals surface area contributed by atoms with Gasteiger partial charge in [-0.05, 0) is 25.1 Å². The molecule has 20 heavy (non-hydrogen) atoms. The first-order chi connectivity index (χ1) is 9.69. The average Bonchev–Trinajstić information content (AvgIpc) is 3.04. The molecule has 6 nitrogen and oxygen atoms in total. The Hall–Kier alpha value is -2.76. The molecular weight excluding hydrogens is 258 g/mol. The highest BCUT2D eigenvalue weighted by Crippen LogP contribution is 2.29. The lowest BCUT2D eigenvalue weighted by Gasteiger charge is -2.02. The van der Waals surface area contributed by atoms with Crippen LogP contribution < -0.4 is 5.73 Å². The lowest BCUT2D eigenvalue weighted by Crippen LogP contribution is -2.04. The maximum absolute atomic E-state index is 11.8. The van der Waals surface area contributed by atoms with Gasteiger partial charge in [-0.1, -0.05) is 0 Å². The number of oxazole rings is 1. The quantitative estimate of drug-likeness (QED) is 0.714. The Balaban J connectivity index is 2.10. The third kappa shape index (κ3) is 2.01. The van der Waals surface area contributed by atoms with Crippen molar-refractivity contribution in [3.63, 3.8) is 0 Å². The van der Waals surface area contributed by atoms with Gasteiger partial charge in [0, 0.05) is 22.7 Å². The van der Waals surface area contributed by atoms with E-state index in [1.807, 2.05) is 6.07 Å². The van der Waals surface area contributed by atoms with Gasteiger partial charge >= 0.3 is 5.97 Å². The molecule has 0 aliphatic rings. The number of hydrogen-bond acceptors (Lipinski definition) is 5.